The van der Waals surface area contributed by atoms with E-state index >= 15 is 0 Å². The van der Waals surface area contributed by atoms with Crippen LogP contribution in [0.3, 0.4) is 0 Å². The summed E-state index contributed by atoms with van der Waals surface area (Å²) in [5.41, 5.74) is 11.7. The number of carbonyl (C=O) groups is 1. The van der Waals surface area contributed by atoms with Crippen LogP contribution < -0.4 is 11.5 Å². The van der Waals surface area contributed by atoms with Crippen LogP contribution in [0.15, 0.2) is 30.3 Å². The van der Waals surface area contributed by atoms with Crippen molar-refractivity contribution in [2.45, 2.75) is 38.1 Å². The van der Waals surface area contributed by atoms with Gasteiger partial charge in [-0.25, -0.2) is 0 Å². The maximum absolute atomic E-state index is 11.9. The molecule has 1 fully saturated rings. The van der Waals surface area contributed by atoms with Gasteiger partial charge in [0.2, 0.25) is 5.91 Å². The van der Waals surface area contributed by atoms with Gasteiger partial charge >= 0.3 is 0 Å². The van der Waals surface area contributed by atoms with Crippen molar-refractivity contribution in [2.24, 2.45) is 17.4 Å². The van der Waals surface area contributed by atoms with E-state index in [0.29, 0.717) is 6.42 Å². The van der Waals surface area contributed by atoms with Crippen molar-refractivity contribution in [3.63, 3.8) is 0 Å². The van der Waals surface area contributed by atoms with Gasteiger partial charge in [-0.15, -0.1) is 0 Å². The third-order valence-electron chi connectivity index (χ3n) is 4.30. The topological polar surface area (TPSA) is 72.3 Å². The lowest BCUT2D eigenvalue weighted by Gasteiger charge is -2.30. The van der Waals surface area contributed by atoms with Gasteiger partial charge in [0, 0.05) is 13.1 Å². The minimum atomic E-state index is -1.07. The molecule has 4 nitrogen and oxygen atoms in total. The van der Waals surface area contributed by atoms with E-state index in [4.69, 9.17) is 11.5 Å². The van der Waals surface area contributed by atoms with Gasteiger partial charge in [-0.2, -0.15) is 0 Å². The van der Waals surface area contributed by atoms with Gasteiger partial charge in [0.15, 0.2) is 0 Å². The van der Waals surface area contributed by atoms with Crippen LogP contribution in [0.4, 0.5) is 0 Å². The number of carbonyl (C=O) groups excluding carboxylic acids is 1. The van der Waals surface area contributed by atoms with Gasteiger partial charge in [-0.1, -0.05) is 37.3 Å². The molecule has 1 aliphatic carbocycles. The molecule has 0 aromatic heterocycles. The summed E-state index contributed by atoms with van der Waals surface area (Å²) in [5, 5.41) is 0. The first-order valence-corrected chi connectivity index (χ1v) is 7.93. The molecule has 1 aromatic rings. The molecule has 4 heteroatoms. The zero-order valence-corrected chi connectivity index (χ0v) is 12.9. The molecule has 4 N–H and O–H groups in total. The molecule has 2 rings (SSSR count). The van der Waals surface area contributed by atoms with Crippen molar-refractivity contribution in [1.29, 1.82) is 0 Å². The summed E-state index contributed by atoms with van der Waals surface area (Å²) in [4.78, 5) is 14.3. The van der Waals surface area contributed by atoms with Crippen LogP contribution >= 0.6 is 0 Å². The van der Waals surface area contributed by atoms with Crippen molar-refractivity contribution in [1.82, 2.24) is 4.90 Å². The molecule has 0 bridgehead atoms. The van der Waals surface area contributed by atoms with E-state index < -0.39 is 11.4 Å². The number of nitrogens with two attached hydrogens (primary N) is 2. The SMILES string of the molecule is CCCN(CCC(N)(C(N)=O)c1ccccc1)CC1CC1. The van der Waals surface area contributed by atoms with Crippen molar-refractivity contribution in [2.75, 3.05) is 19.6 Å². The van der Waals surface area contributed by atoms with E-state index in [0.717, 1.165) is 37.5 Å². The number of nitrogens with zero attached hydrogens (tertiary/aromatic N) is 1. The highest BCUT2D eigenvalue weighted by atomic mass is 16.1. The van der Waals surface area contributed by atoms with Gasteiger partial charge < -0.3 is 16.4 Å². The Balaban J connectivity index is 2.03. The molecule has 0 saturated heterocycles. The molecule has 1 saturated carbocycles. The summed E-state index contributed by atoms with van der Waals surface area (Å²) in [6.07, 6.45) is 4.36. The minimum Gasteiger partial charge on any atom is -0.368 e. The lowest BCUT2D eigenvalue weighted by Crippen LogP contribution is -2.51. The van der Waals surface area contributed by atoms with Crippen molar-refractivity contribution < 1.29 is 4.79 Å². The highest BCUT2D eigenvalue weighted by Crippen LogP contribution is 2.30. The number of benzene rings is 1. The number of hydrogen-bond donors (Lipinski definition) is 2. The fourth-order valence-corrected chi connectivity index (χ4v) is 2.76. The quantitative estimate of drug-likeness (QED) is 0.728. The molecule has 1 aliphatic rings. The van der Waals surface area contributed by atoms with Crippen molar-refractivity contribution in [3.8, 4) is 0 Å². The molecule has 0 aliphatic heterocycles. The summed E-state index contributed by atoms with van der Waals surface area (Å²) in [5.74, 6) is 0.394. The Kier molecular flexibility index (Phi) is 5.37. The molecular formula is C17H27N3O. The molecule has 1 amide bonds. The standard InChI is InChI=1S/C17H27N3O/c1-2-11-20(13-14-8-9-14)12-10-17(19,16(18)21)15-6-4-3-5-7-15/h3-7,14H,2,8-13,19H2,1H3,(H2,18,21). The first-order chi connectivity index (χ1) is 10.1. The predicted octanol–water partition coefficient (Wildman–Crippen LogP) is 1.84. The lowest BCUT2D eigenvalue weighted by molar-refractivity contribution is -0.123. The molecule has 0 heterocycles. The molecule has 1 aromatic carbocycles. The molecular weight excluding hydrogens is 262 g/mol. The Morgan fingerprint density at radius 2 is 1.95 bits per heavy atom. The van der Waals surface area contributed by atoms with Crippen LogP contribution in [0.2, 0.25) is 0 Å². The van der Waals surface area contributed by atoms with Crippen LogP contribution in [0.1, 0.15) is 38.2 Å². The van der Waals surface area contributed by atoms with Crippen LogP contribution in [0.5, 0.6) is 0 Å². The first kappa shape index (κ1) is 16.0. The van der Waals surface area contributed by atoms with Crippen molar-refractivity contribution in [3.05, 3.63) is 35.9 Å². The van der Waals surface area contributed by atoms with E-state index in [1.54, 1.807) is 0 Å². The Morgan fingerprint density at radius 3 is 2.48 bits per heavy atom. The lowest BCUT2D eigenvalue weighted by atomic mass is 9.86. The Morgan fingerprint density at radius 1 is 1.29 bits per heavy atom. The highest BCUT2D eigenvalue weighted by Gasteiger charge is 2.34. The second kappa shape index (κ2) is 7.05. The third kappa shape index (κ3) is 4.29. The monoisotopic (exact) mass is 289 g/mol. The van der Waals surface area contributed by atoms with Crippen molar-refractivity contribution >= 4 is 5.91 Å². The number of rotatable bonds is 9. The smallest absolute Gasteiger partial charge is 0.242 e. The summed E-state index contributed by atoms with van der Waals surface area (Å²) in [7, 11) is 0. The second-order valence-corrected chi connectivity index (χ2v) is 6.20. The molecule has 21 heavy (non-hydrogen) atoms. The fraction of sp³-hybridized carbons (Fsp3) is 0.588. The normalized spacial score (nSPS) is 17.7. The number of primary amides is 1. The predicted molar refractivity (Wildman–Crippen MR) is 85.6 cm³/mol. The first-order valence-electron chi connectivity index (χ1n) is 7.93. The van der Waals surface area contributed by atoms with Gasteiger partial charge in [-0.05, 0) is 43.7 Å². The second-order valence-electron chi connectivity index (χ2n) is 6.20. The molecule has 0 radical (unpaired) electrons. The van der Waals surface area contributed by atoms with Crippen LogP contribution in [-0.2, 0) is 10.3 Å². The third-order valence-corrected chi connectivity index (χ3v) is 4.30. The zero-order valence-electron chi connectivity index (χ0n) is 12.9. The summed E-state index contributed by atoms with van der Waals surface area (Å²) in [6, 6.07) is 9.48. The molecule has 0 spiro atoms. The fourth-order valence-electron chi connectivity index (χ4n) is 2.76. The molecule has 1 atom stereocenters. The van der Waals surface area contributed by atoms with Gasteiger partial charge in [-0.3, -0.25) is 4.79 Å². The summed E-state index contributed by atoms with van der Waals surface area (Å²) < 4.78 is 0. The summed E-state index contributed by atoms with van der Waals surface area (Å²) in [6.45, 7) is 5.18. The highest BCUT2D eigenvalue weighted by molar-refractivity contribution is 5.85. The average Bonchev–Trinajstić information content (AvgIpc) is 3.29. The van der Waals surface area contributed by atoms with E-state index in [1.807, 2.05) is 30.3 Å². The van der Waals surface area contributed by atoms with E-state index in [9.17, 15) is 4.79 Å². The maximum atomic E-state index is 11.9. The minimum absolute atomic E-state index is 0.448. The largest absolute Gasteiger partial charge is 0.368 e. The summed E-state index contributed by atoms with van der Waals surface area (Å²) >= 11 is 0. The molecule has 116 valence electrons. The van der Waals surface area contributed by atoms with Gasteiger partial charge in [0.1, 0.15) is 5.54 Å². The van der Waals surface area contributed by atoms with E-state index in [-0.39, 0.29) is 0 Å². The zero-order chi connectivity index (χ0) is 15.3. The van der Waals surface area contributed by atoms with Crippen LogP contribution in [-0.4, -0.2) is 30.4 Å². The Hall–Kier alpha value is -1.39. The van der Waals surface area contributed by atoms with Crippen LogP contribution in [0.25, 0.3) is 0 Å². The molecule has 1 unspecified atom stereocenters. The number of amides is 1. The maximum Gasteiger partial charge on any atom is 0.242 e. The van der Waals surface area contributed by atoms with E-state index in [2.05, 4.69) is 11.8 Å². The number of hydrogen-bond acceptors (Lipinski definition) is 3. The average molecular weight is 289 g/mol. The van der Waals surface area contributed by atoms with Gasteiger partial charge in [0.25, 0.3) is 0 Å². The Bertz CT molecular complexity index is 458. The van der Waals surface area contributed by atoms with Crippen LogP contribution in [0, 0.1) is 5.92 Å². The van der Waals surface area contributed by atoms with E-state index in [1.165, 1.54) is 12.8 Å². The Labute approximate surface area is 127 Å². The van der Waals surface area contributed by atoms with Gasteiger partial charge in [0.05, 0.1) is 0 Å².